The molecule has 1 heterocycles. The molecular formula is C17H14BrNO6. The lowest BCUT2D eigenvalue weighted by molar-refractivity contribution is -0.118. The van der Waals surface area contributed by atoms with Crippen LogP contribution in [0.4, 0.5) is 5.69 Å². The summed E-state index contributed by atoms with van der Waals surface area (Å²) in [5.74, 6) is 1.55. The van der Waals surface area contributed by atoms with Crippen LogP contribution in [0.2, 0.25) is 0 Å². The van der Waals surface area contributed by atoms with Crippen molar-refractivity contribution in [2.75, 3.05) is 25.8 Å². The Morgan fingerprint density at radius 2 is 2.04 bits per heavy atom. The number of amides is 1. The maximum absolute atomic E-state index is 12.1. The van der Waals surface area contributed by atoms with Gasteiger partial charge < -0.3 is 24.3 Å². The van der Waals surface area contributed by atoms with Crippen LogP contribution in [0.1, 0.15) is 10.4 Å². The topological polar surface area (TPSA) is 83.1 Å². The fraction of sp³-hybridized carbons (Fsp3) is 0.176. The number of fused-ring (bicyclic) bond motifs is 1. The highest BCUT2D eigenvalue weighted by Gasteiger charge is 2.15. The molecule has 7 nitrogen and oxygen atoms in total. The van der Waals surface area contributed by atoms with Crippen molar-refractivity contribution in [3.05, 3.63) is 40.4 Å². The summed E-state index contributed by atoms with van der Waals surface area (Å²) < 4.78 is 21.7. The number of methoxy groups -OCH3 is 1. The Balaban J connectivity index is 1.65. The van der Waals surface area contributed by atoms with E-state index in [1.165, 1.54) is 13.2 Å². The number of hydrogen-bond donors (Lipinski definition) is 1. The van der Waals surface area contributed by atoms with Crippen molar-refractivity contribution in [3.63, 3.8) is 0 Å². The molecule has 0 fully saturated rings. The summed E-state index contributed by atoms with van der Waals surface area (Å²) in [7, 11) is 1.47. The lowest BCUT2D eigenvalue weighted by atomic mass is 10.2. The largest absolute Gasteiger partial charge is 0.493 e. The third-order valence-electron chi connectivity index (χ3n) is 3.43. The average molecular weight is 408 g/mol. The third kappa shape index (κ3) is 3.85. The highest BCUT2D eigenvalue weighted by Crippen LogP contribution is 2.34. The molecule has 0 radical (unpaired) electrons. The Morgan fingerprint density at radius 3 is 2.80 bits per heavy atom. The number of carbonyl (C=O) groups excluding carboxylic acids is 2. The van der Waals surface area contributed by atoms with Crippen molar-refractivity contribution < 1.29 is 28.5 Å². The van der Waals surface area contributed by atoms with Crippen molar-refractivity contribution >= 4 is 33.8 Å². The fourth-order valence-electron chi connectivity index (χ4n) is 2.23. The van der Waals surface area contributed by atoms with E-state index in [0.717, 1.165) is 0 Å². The normalized spacial score (nSPS) is 11.8. The Morgan fingerprint density at radius 1 is 1.24 bits per heavy atom. The maximum Gasteiger partial charge on any atom is 0.262 e. The van der Waals surface area contributed by atoms with Crippen molar-refractivity contribution in [2.45, 2.75) is 0 Å². The zero-order valence-electron chi connectivity index (χ0n) is 13.2. The van der Waals surface area contributed by atoms with Crippen LogP contribution in [0.3, 0.4) is 0 Å². The number of benzene rings is 2. The molecule has 1 N–H and O–H groups in total. The van der Waals surface area contributed by atoms with Crippen LogP contribution >= 0.6 is 15.9 Å². The molecule has 130 valence electrons. The highest BCUT2D eigenvalue weighted by atomic mass is 79.9. The molecule has 0 atom stereocenters. The molecule has 0 aromatic heterocycles. The van der Waals surface area contributed by atoms with Crippen LogP contribution in [0, 0.1) is 0 Å². The number of carbonyl (C=O) groups is 2. The van der Waals surface area contributed by atoms with Crippen LogP contribution in [0.5, 0.6) is 23.0 Å². The Bertz CT molecular complexity index is 823. The summed E-state index contributed by atoms with van der Waals surface area (Å²) in [6, 6.07) is 8.20. The summed E-state index contributed by atoms with van der Waals surface area (Å²) in [4.78, 5) is 23.1. The van der Waals surface area contributed by atoms with E-state index in [4.69, 9.17) is 18.9 Å². The molecule has 1 amide bonds. The molecule has 0 bridgehead atoms. The van der Waals surface area contributed by atoms with Crippen LogP contribution < -0.4 is 24.3 Å². The maximum atomic E-state index is 12.1. The Labute approximate surface area is 152 Å². The van der Waals surface area contributed by atoms with Gasteiger partial charge in [-0.25, -0.2) is 0 Å². The van der Waals surface area contributed by atoms with Gasteiger partial charge in [-0.1, -0.05) is 0 Å². The van der Waals surface area contributed by atoms with E-state index in [0.29, 0.717) is 45.0 Å². The molecule has 8 heteroatoms. The predicted molar refractivity (Wildman–Crippen MR) is 92.8 cm³/mol. The van der Waals surface area contributed by atoms with Gasteiger partial charge in [-0.3, -0.25) is 9.59 Å². The summed E-state index contributed by atoms with van der Waals surface area (Å²) in [6.07, 6.45) is 0.684. The summed E-state index contributed by atoms with van der Waals surface area (Å²) in [5.41, 5.74) is 0.959. The molecule has 2 aromatic rings. The number of ether oxygens (including phenoxy) is 4. The van der Waals surface area contributed by atoms with Gasteiger partial charge in [0.05, 0.1) is 7.11 Å². The Hall–Kier alpha value is -2.74. The highest BCUT2D eigenvalue weighted by molar-refractivity contribution is 9.10. The first-order chi connectivity index (χ1) is 12.1. The van der Waals surface area contributed by atoms with Crippen LogP contribution in [-0.4, -0.2) is 32.7 Å². The minimum absolute atomic E-state index is 0.165. The van der Waals surface area contributed by atoms with Gasteiger partial charge in [-0.15, -0.1) is 0 Å². The van der Waals surface area contributed by atoms with Crippen molar-refractivity contribution in [1.82, 2.24) is 0 Å². The SMILES string of the molecule is COc1cc(Br)c(C=O)cc1OCC(=O)Nc1ccc2c(c1)OCO2. The second-order valence-electron chi connectivity index (χ2n) is 5.05. The molecule has 3 rings (SSSR count). The average Bonchev–Trinajstić information content (AvgIpc) is 3.08. The number of halogens is 1. The van der Waals surface area contributed by atoms with Crippen LogP contribution in [-0.2, 0) is 4.79 Å². The molecule has 0 spiro atoms. The molecule has 0 aliphatic carbocycles. The number of nitrogens with one attached hydrogen (secondary N) is 1. The lowest BCUT2D eigenvalue weighted by Gasteiger charge is -2.12. The minimum Gasteiger partial charge on any atom is -0.493 e. The van der Waals surface area contributed by atoms with E-state index in [-0.39, 0.29) is 19.3 Å². The van der Waals surface area contributed by atoms with E-state index in [2.05, 4.69) is 21.2 Å². The van der Waals surface area contributed by atoms with Gasteiger partial charge in [-0.2, -0.15) is 0 Å². The van der Waals surface area contributed by atoms with Gasteiger partial charge >= 0.3 is 0 Å². The van der Waals surface area contributed by atoms with Crippen molar-refractivity contribution in [2.24, 2.45) is 0 Å². The van der Waals surface area contributed by atoms with Crippen LogP contribution in [0.25, 0.3) is 0 Å². The number of hydrogen-bond acceptors (Lipinski definition) is 6. The van der Waals surface area contributed by atoms with Gasteiger partial charge in [-0.05, 0) is 40.2 Å². The first-order valence-electron chi connectivity index (χ1n) is 7.25. The monoisotopic (exact) mass is 407 g/mol. The molecular weight excluding hydrogens is 394 g/mol. The number of anilines is 1. The molecule has 1 aliphatic heterocycles. The minimum atomic E-state index is -0.364. The smallest absolute Gasteiger partial charge is 0.262 e. The molecule has 2 aromatic carbocycles. The first kappa shape index (κ1) is 17.1. The van der Waals surface area contributed by atoms with E-state index in [9.17, 15) is 9.59 Å². The van der Waals surface area contributed by atoms with Gasteiger partial charge in [0.1, 0.15) is 0 Å². The molecule has 25 heavy (non-hydrogen) atoms. The van der Waals surface area contributed by atoms with E-state index >= 15 is 0 Å². The second kappa shape index (κ2) is 7.43. The van der Waals surface area contributed by atoms with Crippen LogP contribution in [0.15, 0.2) is 34.8 Å². The fourth-order valence-corrected chi connectivity index (χ4v) is 2.64. The third-order valence-corrected chi connectivity index (χ3v) is 4.11. The van der Waals surface area contributed by atoms with Gasteiger partial charge in [0.25, 0.3) is 5.91 Å². The molecule has 1 aliphatic rings. The number of rotatable bonds is 6. The van der Waals surface area contributed by atoms with E-state index in [1.807, 2.05) is 0 Å². The van der Waals surface area contributed by atoms with Gasteiger partial charge in [0.15, 0.2) is 35.9 Å². The lowest BCUT2D eigenvalue weighted by Crippen LogP contribution is -2.20. The van der Waals surface area contributed by atoms with Crippen molar-refractivity contribution in [1.29, 1.82) is 0 Å². The first-order valence-corrected chi connectivity index (χ1v) is 8.05. The zero-order chi connectivity index (χ0) is 17.8. The summed E-state index contributed by atoms with van der Waals surface area (Å²) in [6.45, 7) is -0.0804. The predicted octanol–water partition coefficient (Wildman–Crippen LogP) is 3.02. The van der Waals surface area contributed by atoms with Crippen molar-refractivity contribution in [3.8, 4) is 23.0 Å². The molecule has 0 saturated carbocycles. The van der Waals surface area contributed by atoms with Gasteiger partial charge in [0, 0.05) is 21.8 Å². The van der Waals surface area contributed by atoms with Gasteiger partial charge in [0.2, 0.25) is 6.79 Å². The molecule has 0 saturated heterocycles. The summed E-state index contributed by atoms with van der Waals surface area (Å²) in [5, 5.41) is 2.70. The second-order valence-corrected chi connectivity index (χ2v) is 5.90. The number of aldehydes is 1. The standard InChI is InChI=1S/C17H14BrNO6/c1-22-14-6-12(18)10(7-20)4-15(14)23-8-17(21)19-11-2-3-13-16(5-11)25-9-24-13/h2-7H,8-9H2,1H3,(H,19,21). The summed E-state index contributed by atoms with van der Waals surface area (Å²) >= 11 is 3.26. The molecule has 0 unspecified atom stereocenters. The Kier molecular flexibility index (Phi) is 5.08. The zero-order valence-corrected chi connectivity index (χ0v) is 14.8. The van der Waals surface area contributed by atoms with E-state index < -0.39 is 0 Å². The quantitative estimate of drug-likeness (QED) is 0.740. The van der Waals surface area contributed by atoms with E-state index in [1.54, 1.807) is 24.3 Å².